The minimum atomic E-state index is -3.92. The molecule has 0 unspecified atom stereocenters. The van der Waals surface area contributed by atoms with Gasteiger partial charge in [0.2, 0.25) is 10.0 Å². The molecule has 4 rings (SSSR count). The van der Waals surface area contributed by atoms with Crippen LogP contribution in [0.5, 0.6) is 5.75 Å². The second-order valence-electron chi connectivity index (χ2n) is 7.94. The third kappa shape index (κ3) is 6.05. The summed E-state index contributed by atoms with van der Waals surface area (Å²) >= 11 is 6.04. The molecule has 0 atom stereocenters. The second-order valence-corrected chi connectivity index (χ2v) is 12.0. The molecule has 3 aromatic carbocycles. The number of methoxy groups -OCH3 is 1. The number of sulfonamides is 2. The zero-order valence-electron chi connectivity index (χ0n) is 19.7. The number of hydrogen-bond donors (Lipinski definition) is 2. The van der Waals surface area contributed by atoms with Crippen LogP contribution in [0.4, 0.5) is 11.4 Å². The minimum absolute atomic E-state index is 0.00826. The summed E-state index contributed by atoms with van der Waals surface area (Å²) in [6, 6.07) is 16.0. The third-order valence-corrected chi connectivity index (χ3v) is 9.17. The predicted octanol–water partition coefficient (Wildman–Crippen LogP) is 3.42. The number of nitrogens with one attached hydrogen (secondary N) is 2. The lowest BCUT2D eigenvalue weighted by atomic mass is 10.2. The summed E-state index contributed by atoms with van der Waals surface area (Å²) in [5.41, 5.74) is 0.541. The van der Waals surface area contributed by atoms with Crippen LogP contribution in [0.2, 0.25) is 5.02 Å². The summed E-state index contributed by atoms with van der Waals surface area (Å²) in [7, 11) is -6.39. The zero-order chi connectivity index (χ0) is 26.6. The summed E-state index contributed by atoms with van der Waals surface area (Å²) in [5, 5.41) is 2.90. The van der Waals surface area contributed by atoms with E-state index in [1.54, 1.807) is 18.2 Å². The molecule has 0 aromatic heterocycles. The van der Waals surface area contributed by atoms with Gasteiger partial charge < -0.3 is 14.8 Å². The Morgan fingerprint density at radius 2 is 1.59 bits per heavy atom. The van der Waals surface area contributed by atoms with Gasteiger partial charge in [-0.2, -0.15) is 4.31 Å². The van der Waals surface area contributed by atoms with Crippen LogP contribution in [0.1, 0.15) is 10.4 Å². The molecule has 1 heterocycles. The Kier molecular flexibility index (Phi) is 8.05. The number of carbonyl (C=O) groups excluding carboxylic acids is 1. The standard InChI is InChI=1S/C24H24ClN3O7S2/c1-34-23-11-10-19(37(32,33)28-12-14-35-15-13-28)16-20(23)24(29)26-17-6-8-18(9-7-17)36(30,31)27-22-5-3-2-4-21(22)25/h2-11,16,27H,12-15H2,1H3,(H,26,29). The third-order valence-electron chi connectivity index (χ3n) is 5.56. The molecule has 2 N–H and O–H groups in total. The van der Waals surface area contributed by atoms with Crippen molar-refractivity contribution in [2.24, 2.45) is 0 Å². The quantitative estimate of drug-likeness (QED) is 0.428. The molecule has 1 aliphatic rings. The molecular formula is C24H24ClN3O7S2. The van der Waals surface area contributed by atoms with Gasteiger partial charge in [-0.3, -0.25) is 9.52 Å². The van der Waals surface area contributed by atoms with Gasteiger partial charge in [0.1, 0.15) is 5.75 Å². The van der Waals surface area contributed by atoms with E-state index in [-0.39, 0.29) is 44.9 Å². The van der Waals surface area contributed by atoms with E-state index in [2.05, 4.69) is 10.0 Å². The van der Waals surface area contributed by atoms with E-state index >= 15 is 0 Å². The molecule has 1 fully saturated rings. The lowest BCUT2D eigenvalue weighted by Gasteiger charge is -2.26. The molecule has 13 heteroatoms. The minimum Gasteiger partial charge on any atom is -0.496 e. The van der Waals surface area contributed by atoms with Crippen LogP contribution in [-0.4, -0.2) is 60.5 Å². The zero-order valence-corrected chi connectivity index (χ0v) is 22.1. The van der Waals surface area contributed by atoms with E-state index in [0.717, 1.165) is 0 Å². The summed E-state index contributed by atoms with van der Waals surface area (Å²) < 4.78 is 65.7. The highest BCUT2D eigenvalue weighted by molar-refractivity contribution is 7.92. The molecular weight excluding hydrogens is 542 g/mol. The van der Waals surface area contributed by atoms with Gasteiger partial charge in [0.05, 0.1) is 46.4 Å². The number of hydrogen-bond acceptors (Lipinski definition) is 7. The van der Waals surface area contributed by atoms with Crippen LogP contribution in [0.25, 0.3) is 0 Å². The van der Waals surface area contributed by atoms with E-state index in [4.69, 9.17) is 21.1 Å². The van der Waals surface area contributed by atoms with Crippen molar-refractivity contribution < 1.29 is 31.1 Å². The van der Waals surface area contributed by atoms with E-state index in [1.807, 2.05) is 0 Å². The molecule has 196 valence electrons. The van der Waals surface area contributed by atoms with Crippen LogP contribution in [-0.2, 0) is 24.8 Å². The van der Waals surface area contributed by atoms with Crippen LogP contribution < -0.4 is 14.8 Å². The normalized spacial score (nSPS) is 14.6. The van der Waals surface area contributed by atoms with E-state index in [1.165, 1.54) is 59.9 Å². The first-order valence-corrected chi connectivity index (χ1v) is 14.4. The fourth-order valence-electron chi connectivity index (χ4n) is 3.62. The number of para-hydroxylation sites is 1. The molecule has 0 bridgehead atoms. The molecule has 0 spiro atoms. The van der Waals surface area contributed by atoms with Crippen molar-refractivity contribution in [1.82, 2.24) is 4.31 Å². The monoisotopic (exact) mass is 565 g/mol. The Bertz CT molecular complexity index is 1510. The van der Waals surface area contributed by atoms with Crippen LogP contribution in [0.15, 0.2) is 76.5 Å². The average molecular weight is 566 g/mol. The first-order chi connectivity index (χ1) is 17.6. The summed E-state index contributed by atoms with van der Waals surface area (Å²) in [4.78, 5) is 13.0. The molecule has 3 aromatic rings. The fraction of sp³-hybridized carbons (Fsp3) is 0.208. The maximum absolute atomic E-state index is 13.0. The first kappa shape index (κ1) is 26.9. The molecule has 0 aliphatic carbocycles. The Hall–Kier alpha value is -3.16. The van der Waals surface area contributed by atoms with Crippen molar-refractivity contribution in [3.63, 3.8) is 0 Å². The highest BCUT2D eigenvalue weighted by Crippen LogP contribution is 2.27. The Labute approximate surface area is 220 Å². The van der Waals surface area contributed by atoms with Gasteiger partial charge in [-0.1, -0.05) is 23.7 Å². The smallest absolute Gasteiger partial charge is 0.261 e. The van der Waals surface area contributed by atoms with Gasteiger partial charge in [-0.15, -0.1) is 0 Å². The number of anilines is 2. The average Bonchev–Trinajstić information content (AvgIpc) is 2.90. The van der Waals surface area contributed by atoms with Crippen LogP contribution in [0.3, 0.4) is 0 Å². The Morgan fingerprint density at radius 1 is 0.946 bits per heavy atom. The summed E-state index contributed by atoms with van der Waals surface area (Å²) in [5.74, 6) is -0.442. The largest absolute Gasteiger partial charge is 0.496 e. The maximum atomic E-state index is 13.0. The SMILES string of the molecule is COc1ccc(S(=O)(=O)N2CCOCC2)cc1C(=O)Nc1ccc(S(=O)(=O)Nc2ccccc2Cl)cc1. The molecule has 1 saturated heterocycles. The van der Waals surface area contributed by atoms with Gasteiger partial charge >= 0.3 is 0 Å². The number of amides is 1. The number of carbonyl (C=O) groups is 1. The number of rotatable bonds is 8. The molecule has 37 heavy (non-hydrogen) atoms. The topological polar surface area (TPSA) is 131 Å². The van der Waals surface area contributed by atoms with Crippen molar-refractivity contribution in [3.05, 3.63) is 77.3 Å². The number of nitrogens with zero attached hydrogens (tertiary/aromatic N) is 1. The van der Waals surface area contributed by atoms with E-state index in [0.29, 0.717) is 18.9 Å². The lowest BCUT2D eigenvalue weighted by molar-refractivity contribution is 0.0730. The van der Waals surface area contributed by atoms with Crippen molar-refractivity contribution >= 4 is 48.9 Å². The van der Waals surface area contributed by atoms with Gasteiger partial charge in [-0.05, 0) is 54.6 Å². The predicted molar refractivity (Wildman–Crippen MR) is 139 cm³/mol. The molecule has 10 nitrogen and oxygen atoms in total. The molecule has 1 aliphatic heterocycles. The van der Waals surface area contributed by atoms with Gasteiger partial charge in [0.25, 0.3) is 15.9 Å². The lowest BCUT2D eigenvalue weighted by Crippen LogP contribution is -2.40. The summed E-state index contributed by atoms with van der Waals surface area (Å²) in [6.07, 6.45) is 0. The molecule has 1 amide bonds. The van der Waals surface area contributed by atoms with Crippen LogP contribution >= 0.6 is 11.6 Å². The highest BCUT2D eigenvalue weighted by Gasteiger charge is 2.28. The number of halogens is 1. The number of morpholine rings is 1. The number of benzene rings is 3. The van der Waals surface area contributed by atoms with Crippen LogP contribution in [0, 0.1) is 0 Å². The van der Waals surface area contributed by atoms with Gasteiger partial charge in [0.15, 0.2) is 0 Å². The van der Waals surface area contributed by atoms with Gasteiger partial charge in [-0.25, -0.2) is 16.8 Å². The number of ether oxygens (including phenoxy) is 2. The highest BCUT2D eigenvalue weighted by atomic mass is 35.5. The van der Waals surface area contributed by atoms with Crippen molar-refractivity contribution in [3.8, 4) is 5.75 Å². The van der Waals surface area contributed by atoms with Crippen molar-refractivity contribution in [2.75, 3.05) is 43.5 Å². The van der Waals surface area contributed by atoms with E-state index < -0.39 is 26.0 Å². The molecule has 0 radical (unpaired) electrons. The van der Waals surface area contributed by atoms with E-state index in [9.17, 15) is 21.6 Å². The van der Waals surface area contributed by atoms with Gasteiger partial charge in [0, 0.05) is 18.8 Å². The Balaban J connectivity index is 1.53. The molecule has 0 saturated carbocycles. The van der Waals surface area contributed by atoms with Crippen molar-refractivity contribution in [2.45, 2.75) is 9.79 Å². The fourth-order valence-corrected chi connectivity index (χ4v) is 6.38. The summed E-state index contributed by atoms with van der Waals surface area (Å²) in [6.45, 7) is 1.03. The second kappa shape index (κ2) is 11.1. The first-order valence-electron chi connectivity index (χ1n) is 11.1. The van der Waals surface area contributed by atoms with Crippen molar-refractivity contribution in [1.29, 1.82) is 0 Å². The maximum Gasteiger partial charge on any atom is 0.261 e. The Morgan fingerprint density at radius 3 is 2.24 bits per heavy atom.